The number of hydrogen-bond donors (Lipinski definition) is 0. The van der Waals surface area contributed by atoms with Gasteiger partial charge in [0.2, 0.25) is 11.7 Å². The lowest BCUT2D eigenvalue weighted by molar-refractivity contribution is 0.0529. The number of carbonyl (C=O) groups excluding carboxylic acids is 1. The van der Waals surface area contributed by atoms with Crippen LogP contribution in [0.4, 0.5) is 0 Å². The Morgan fingerprint density at radius 1 is 1.12 bits per heavy atom. The maximum atomic E-state index is 12.7. The van der Waals surface area contributed by atoms with E-state index in [1.807, 2.05) is 30.3 Å². The van der Waals surface area contributed by atoms with Crippen molar-refractivity contribution in [2.75, 3.05) is 6.54 Å². The van der Waals surface area contributed by atoms with Gasteiger partial charge in [-0.2, -0.15) is 4.98 Å². The molecule has 4 rings (SSSR count). The molecule has 6 heteroatoms. The summed E-state index contributed by atoms with van der Waals surface area (Å²) >= 11 is 0. The lowest BCUT2D eigenvalue weighted by atomic mass is 10.0. The van der Waals surface area contributed by atoms with Crippen molar-refractivity contribution < 1.29 is 13.7 Å². The summed E-state index contributed by atoms with van der Waals surface area (Å²) in [5.41, 5.74) is 0.896. The molecule has 0 saturated carbocycles. The van der Waals surface area contributed by atoms with E-state index in [0.717, 1.165) is 24.8 Å². The van der Waals surface area contributed by atoms with Crippen LogP contribution in [0.15, 0.2) is 57.7 Å². The van der Waals surface area contributed by atoms with Crippen molar-refractivity contribution in [1.29, 1.82) is 0 Å². The largest absolute Gasteiger partial charge is 0.459 e. The highest BCUT2D eigenvalue weighted by molar-refractivity contribution is 5.91. The third-order valence-electron chi connectivity index (χ3n) is 4.25. The van der Waals surface area contributed by atoms with Crippen molar-refractivity contribution in [3.8, 4) is 11.4 Å². The van der Waals surface area contributed by atoms with Gasteiger partial charge in [-0.05, 0) is 31.4 Å². The molecule has 1 aliphatic rings. The van der Waals surface area contributed by atoms with Crippen LogP contribution in [-0.2, 0) is 0 Å². The van der Waals surface area contributed by atoms with Gasteiger partial charge in [-0.1, -0.05) is 35.5 Å². The quantitative estimate of drug-likeness (QED) is 0.735. The average molecular weight is 323 g/mol. The van der Waals surface area contributed by atoms with Crippen molar-refractivity contribution in [3.05, 3.63) is 60.4 Å². The first kappa shape index (κ1) is 14.7. The van der Waals surface area contributed by atoms with Crippen LogP contribution in [0.2, 0.25) is 0 Å². The molecule has 0 bridgehead atoms. The maximum absolute atomic E-state index is 12.7. The zero-order chi connectivity index (χ0) is 16.4. The van der Waals surface area contributed by atoms with Gasteiger partial charge >= 0.3 is 0 Å². The van der Waals surface area contributed by atoms with E-state index in [1.165, 1.54) is 6.26 Å². The smallest absolute Gasteiger partial charge is 0.290 e. The van der Waals surface area contributed by atoms with Crippen LogP contribution in [0.3, 0.4) is 0 Å². The fraction of sp³-hybridized carbons (Fsp3) is 0.278. The predicted octanol–water partition coefficient (Wildman–Crippen LogP) is 3.70. The van der Waals surface area contributed by atoms with Crippen molar-refractivity contribution in [2.45, 2.75) is 25.3 Å². The minimum absolute atomic E-state index is 0.135. The van der Waals surface area contributed by atoms with E-state index in [9.17, 15) is 4.79 Å². The van der Waals surface area contributed by atoms with Crippen LogP contribution in [0.25, 0.3) is 11.4 Å². The van der Waals surface area contributed by atoms with Crippen molar-refractivity contribution in [1.82, 2.24) is 15.0 Å². The first-order valence-electron chi connectivity index (χ1n) is 8.06. The van der Waals surface area contributed by atoms with Gasteiger partial charge in [-0.25, -0.2) is 0 Å². The fourth-order valence-corrected chi connectivity index (χ4v) is 3.05. The van der Waals surface area contributed by atoms with Gasteiger partial charge in [0.1, 0.15) is 6.04 Å². The van der Waals surface area contributed by atoms with Gasteiger partial charge in [0.05, 0.1) is 6.26 Å². The summed E-state index contributed by atoms with van der Waals surface area (Å²) in [7, 11) is 0. The van der Waals surface area contributed by atoms with E-state index in [0.29, 0.717) is 24.0 Å². The topological polar surface area (TPSA) is 72.4 Å². The second-order valence-electron chi connectivity index (χ2n) is 5.81. The van der Waals surface area contributed by atoms with Gasteiger partial charge in [0, 0.05) is 12.1 Å². The molecule has 0 spiro atoms. The van der Waals surface area contributed by atoms with Crippen LogP contribution >= 0.6 is 0 Å². The molecule has 0 unspecified atom stereocenters. The molecule has 1 amide bonds. The van der Waals surface area contributed by atoms with E-state index in [4.69, 9.17) is 8.94 Å². The minimum Gasteiger partial charge on any atom is -0.459 e. The minimum atomic E-state index is -0.207. The molecule has 1 atom stereocenters. The Balaban J connectivity index is 1.62. The molecule has 2 aromatic heterocycles. The molecule has 0 N–H and O–H groups in total. The standard InChI is InChI=1S/C18H17N3O3/c22-18(15-10-6-12-23-15)21-11-5-4-9-14(21)17-19-16(20-24-17)13-7-2-1-3-8-13/h1-3,6-8,10,12,14H,4-5,9,11H2/t14-/m1/s1. The number of rotatable bonds is 3. The van der Waals surface area contributed by atoms with Crippen LogP contribution < -0.4 is 0 Å². The maximum Gasteiger partial charge on any atom is 0.290 e. The molecule has 0 aliphatic carbocycles. The second kappa shape index (κ2) is 6.31. The Bertz CT molecular complexity index is 811. The van der Waals surface area contributed by atoms with Gasteiger partial charge in [-0.3, -0.25) is 4.79 Å². The zero-order valence-electron chi connectivity index (χ0n) is 13.1. The molecule has 122 valence electrons. The van der Waals surface area contributed by atoms with Gasteiger partial charge in [0.25, 0.3) is 5.91 Å². The number of aromatic nitrogens is 2. The summed E-state index contributed by atoms with van der Waals surface area (Å²) in [6.45, 7) is 0.660. The molecule has 3 heterocycles. The van der Waals surface area contributed by atoms with E-state index < -0.39 is 0 Å². The Morgan fingerprint density at radius 3 is 2.79 bits per heavy atom. The molecular weight excluding hydrogens is 306 g/mol. The number of likely N-dealkylation sites (tertiary alicyclic amines) is 1. The van der Waals surface area contributed by atoms with Gasteiger partial charge in [-0.15, -0.1) is 0 Å². The van der Waals surface area contributed by atoms with Crippen LogP contribution in [0.1, 0.15) is 41.7 Å². The second-order valence-corrected chi connectivity index (χ2v) is 5.81. The lowest BCUT2D eigenvalue weighted by Gasteiger charge is -2.32. The number of furan rings is 1. The summed E-state index contributed by atoms with van der Waals surface area (Å²) in [5, 5.41) is 4.07. The van der Waals surface area contributed by atoms with E-state index >= 15 is 0 Å². The number of carbonyl (C=O) groups is 1. The normalized spacial score (nSPS) is 17.8. The number of benzene rings is 1. The van der Waals surface area contributed by atoms with E-state index in [2.05, 4.69) is 10.1 Å². The first-order chi connectivity index (χ1) is 11.8. The number of hydrogen-bond acceptors (Lipinski definition) is 5. The Labute approximate surface area is 139 Å². The highest BCUT2D eigenvalue weighted by Gasteiger charge is 2.33. The lowest BCUT2D eigenvalue weighted by Crippen LogP contribution is -2.38. The molecular formula is C18H17N3O3. The molecule has 1 saturated heterocycles. The van der Waals surface area contributed by atoms with E-state index in [-0.39, 0.29) is 11.9 Å². The molecule has 24 heavy (non-hydrogen) atoms. The van der Waals surface area contributed by atoms with E-state index in [1.54, 1.807) is 17.0 Å². The monoisotopic (exact) mass is 323 g/mol. The first-order valence-corrected chi connectivity index (χ1v) is 8.06. The third kappa shape index (κ3) is 2.71. The summed E-state index contributed by atoms with van der Waals surface area (Å²) in [6, 6.07) is 12.8. The van der Waals surface area contributed by atoms with Gasteiger partial charge < -0.3 is 13.8 Å². The molecule has 3 aromatic rings. The number of nitrogens with zero attached hydrogens (tertiary/aromatic N) is 3. The predicted molar refractivity (Wildman–Crippen MR) is 86.1 cm³/mol. The summed E-state index contributed by atoms with van der Waals surface area (Å²) in [5.74, 6) is 1.23. The molecule has 1 aromatic carbocycles. The highest BCUT2D eigenvalue weighted by atomic mass is 16.5. The summed E-state index contributed by atoms with van der Waals surface area (Å²) in [6.07, 6.45) is 4.30. The summed E-state index contributed by atoms with van der Waals surface area (Å²) in [4.78, 5) is 18.9. The average Bonchev–Trinajstić information content (AvgIpc) is 3.34. The number of piperidine rings is 1. The zero-order valence-corrected chi connectivity index (χ0v) is 13.1. The molecule has 0 radical (unpaired) electrons. The Hall–Kier alpha value is -2.89. The molecule has 1 fully saturated rings. The SMILES string of the molecule is O=C(c1ccco1)N1CCCC[C@@H]1c1nc(-c2ccccc2)no1. The number of amides is 1. The van der Waals surface area contributed by atoms with Crippen molar-refractivity contribution in [3.63, 3.8) is 0 Å². The fourth-order valence-electron chi connectivity index (χ4n) is 3.05. The van der Waals surface area contributed by atoms with Crippen LogP contribution in [0, 0.1) is 0 Å². The Morgan fingerprint density at radius 2 is 2.00 bits per heavy atom. The molecule has 6 nitrogen and oxygen atoms in total. The third-order valence-corrected chi connectivity index (χ3v) is 4.25. The van der Waals surface area contributed by atoms with Crippen molar-refractivity contribution in [2.24, 2.45) is 0 Å². The Kier molecular flexibility index (Phi) is 3.86. The highest BCUT2D eigenvalue weighted by Crippen LogP contribution is 2.32. The summed E-state index contributed by atoms with van der Waals surface area (Å²) < 4.78 is 10.7. The van der Waals surface area contributed by atoms with Gasteiger partial charge in [0.15, 0.2) is 5.76 Å². The van der Waals surface area contributed by atoms with Crippen LogP contribution in [0.5, 0.6) is 0 Å². The van der Waals surface area contributed by atoms with Crippen LogP contribution in [-0.4, -0.2) is 27.5 Å². The van der Waals surface area contributed by atoms with Crippen molar-refractivity contribution >= 4 is 5.91 Å². The molecule has 1 aliphatic heterocycles.